The van der Waals surface area contributed by atoms with E-state index in [9.17, 15) is 0 Å². The number of hydrogen-bond acceptors (Lipinski definition) is 3. The number of rotatable bonds is 7. The molecule has 0 unspecified atom stereocenters. The molecule has 2 aromatic carbocycles. The lowest BCUT2D eigenvalue weighted by Gasteiger charge is -2.14. The molecule has 2 rings (SSSR count). The Labute approximate surface area is 148 Å². The standard InChI is InChI=1S/C16H16BrCl2NO2/c1-20-10-11-8-12(18)9-13(17)16(11)22-7-6-21-15-5-3-2-4-14(15)19/h2-5,8-9,20H,6-7,10H2,1H3. The fourth-order valence-corrected chi connectivity index (χ4v) is 3.13. The van der Waals surface area contributed by atoms with E-state index in [1.807, 2.05) is 37.4 Å². The van der Waals surface area contributed by atoms with Crippen LogP contribution in [-0.4, -0.2) is 20.3 Å². The summed E-state index contributed by atoms with van der Waals surface area (Å²) in [5, 5.41) is 4.35. The van der Waals surface area contributed by atoms with Crippen molar-refractivity contribution in [2.75, 3.05) is 20.3 Å². The van der Waals surface area contributed by atoms with Gasteiger partial charge in [-0.15, -0.1) is 0 Å². The summed E-state index contributed by atoms with van der Waals surface area (Å²) >= 11 is 15.6. The topological polar surface area (TPSA) is 30.5 Å². The minimum absolute atomic E-state index is 0.401. The highest BCUT2D eigenvalue weighted by Crippen LogP contribution is 2.33. The first-order valence-corrected chi connectivity index (χ1v) is 8.29. The Balaban J connectivity index is 1.95. The summed E-state index contributed by atoms with van der Waals surface area (Å²) in [6, 6.07) is 11.0. The van der Waals surface area contributed by atoms with Crippen LogP contribution in [0, 0.1) is 0 Å². The van der Waals surface area contributed by atoms with Crippen LogP contribution in [0.15, 0.2) is 40.9 Å². The highest BCUT2D eigenvalue weighted by atomic mass is 79.9. The summed E-state index contributed by atoms with van der Waals surface area (Å²) in [6.45, 7) is 1.47. The first-order chi connectivity index (χ1) is 10.6. The molecule has 0 bridgehead atoms. The molecular formula is C16H16BrCl2NO2. The molecular weight excluding hydrogens is 389 g/mol. The van der Waals surface area contributed by atoms with Gasteiger partial charge in [0.1, 0.15) is 24.7 Å². The normalized spacial score (nSPS) is 10.5. The average Bonchev–Trinajstić information content (AvgIpc) is 2.47. The summed E-state index contributed by atoms with van der Waals surface area (Å²) in [7, 11) is 1.87. The second-order valence-corrected chi connectivity index (χ2v) is 6.23. The minimum Gasteiger partial charge on any atom is -0.489 e. The second-order valence-electron chi connectivity index (χ2n) is 4.53. The van der Waals surface area contributed by atoms with Gasteiger partial charge in [0.25, 0.3) is 0 Å². The Hall–Kier alpha value is -0.940. The van der Waals surface area contributed by atoms with Crippen molar-refractivity contribution in [3.63, 3.8) is 0 Å². The molecule has 6 heteroatoms. The Bertz CT molecular complexity index is 638. The molecule has 2 aromatic rings. The van der Waals surface area contributed by atoms with Gasteiger partial charge in [-0.05, 0) is 47.2 Å². The molecule has 0 atom stereocenters. The van der Waals surface area contributed by atoms with Crippen LogP contribution in [0.5, 0.6) is 11.5 Å². The predicted octanol–water partition coefficient (Wildman–Crippen LogP) is 4.93. The lowest BCUT2D eigenvalue weighted by atomic mass is 10.2. The van der Waals surface area contributed by atoms with Gasteiger partial charge in [0.2, 0.25) is 0 Å². The van der Waals surface area contributed by atoms with Crippen molar-refractivity contribution in [2.24, 2.45) is 0 Å². The third kappa shape index (κ3) is 4.78. The van der Waals surface area contributed by atoms with Crippen LogP contribution in [0.25, 0.3) is 0 Å². The zero-order valence-corrected chi connectivity index (χ0v) is 15.1. The molecule has 22 heavy (non-hydrogen) atoms. The molecule has 3 nitrogen and oxygen atoms in total. The molecule has 0 amide bonds. The molecule has 0 saturated heterocycles. The van der Waals surface area contributed by atoms with E-state index in [1.165, 1.54) is 0 Å². The maximum absolute atomic E-state index is 6.06. The molecule has 0 spiro atoms. The molecule has 0 aliphatic heterocycles. The van der Waals surface area contributed by atoms with Crippen molar-refractivity contribution in [3.05, 3.63) is 56.5 Å². The van der Waals surface area contributed by atoms with E-state index in [-0.39, 0.29) is 0 Å². The van der Waals surface area contributed by atoms with Gasteiger partial charge in [-0.3, -0.25) is 0 Å². The van der Waals surface area contributed by atoms with Crippen LogP contribution < -0.4 is 14.8 Å². The summed E-state index contributed by atoms with van der Waals surface area (Å²) in [5.41, 5.74) is 0.986. The quantitative estimate of drug-likeness (QED) is 0.663. The van der Waals surface area contributed by atoms with E-state index in [0.717, 1.165) is 15.8 Å². The molecule has 0 radical (unpaired) electrons. The Morgan fingerprint density at radius 1 is 1.09 bits per heavy atom. The van der Waals surface area contributed by atoms with Gasteiger partial charge in [0.05, 0.1) is 9.50 Å². The Morgan fingerprint density at radius 2 is 1.82 bits per heavy atom. The van der Waals surface area contributed by atoms with Gasteiger partial charge >= 0.3 is 0 Å². The van der Waals surface area contributed by atoms with E-state index in [2.05, 4.69) is 21.2 Å². The number of halogens is 3. The van der Waals surface area contributed by atoms with Crippen molar-refractivity contribution >= 4 is 39.1 Å². The lowest BCUT2D eigenvalue weighted by Crippen LogP contribution is -2.12. The van der Waals surface area contributed by atoms with Crippen molar-refractivity contribution in [1.82, 2.24) is 5.32 Å². The molecule has 0 saturated carbocycles. The average molecular weight is 405 g/mol. The third-order valence-corrected chi connectivity index (χ3v) is 4.00. The van der Waals surface area contributed by atoms with E-state index < -0.39 is 0 Å². The van der Waals surface area contributed by atoms with Crippen molar-refractivity contribution in [2.45, 2.75) is 6.54 Å². The monoisotopic (exact) mass is 403 g/mol. The molecule has 0 aromatic heterocycles. The molecule has 0 heterocycles. The summed E-state index contributed by atoms with van der Waals surface area (Å²) in [6.07, 6.45) is 0. The molecule has 0 aliphatic carbocycles. The van der Waals surface area contributed by atoms with Gasteiger partial charge in [-0.2, -0.15) is 0 Å². The largest absolute Gasteiger partial charge is 0.489 e. The Morgan fingerprint density at radius 3 is 2.55 bits per heavy atom. The van der Waals surface area contributed by atoms with Gasteiger partial charge in [-0.25, -0.2) is 0 Å². The molecule has 0 aliphatic rings. The van der Waals surface area contributed by atoms with Crippen LogP contribution in [0.2, 0.25) is 10.0 Å². The number of para-hydroxylation sites is 1. The van der Waals surface area contributed by atoms with Gasteiger partial charge in [0, 0.05) is 17.1 Å². The fraction of sp³-hybridized carbons (Fsp3) is 0.250. The van der Waals surface area contributed by atoms with Crippen molar-refractivity contribution < 1.29 is 9.47 Å². The zero-order valence-electron chi connectivity index (χ0n) is 12.0. The first kappa shape index (κ1) is 17.4. The van der Waals surface area contributed by atoms with Crippen LogP contribution in [0.1, 0.15) is 5.56 Å². The summed E-state index contributed by atoms with van der Waals surface area (Å²) in [5.74, 6) is 1.42. The Kier molecular flexibility index (Phi) is 6.83. The first-order valence-electron chi connectivity index (χ1n) is 6.74. The fourth-order valence-electron chi connectivity index (χ4n) is 1.95. The van der Waals surface area contributed by atoms with E-state index in [0.29, 0.717) is 35.6 Å². The van der Waals surface area contributed by atoms with Crippen LogP contribution in [-0.2, 0) is 6.54 Å². The predicted molar refractivity (Wildman–Crippen MR) is 94.4 cm³/mol. The highest BCUT2D eigenvalue weighted by Gasteiger charge is 2.10. The SMILES string of the molecule is CNCc1cc(Cl)cc(Br)c1OCCOc1ccccc1Cl. The molecule has 118 valence electrons. The third-order valence-electron chi connectivity index (χ3n) is 2.88. The number of ether oxygens (including phenoxy) is 2. The number of benzene rings is 2. The van der Waals surface area contributed by atoms with E-state index in [4.69, 9.17) is 32.7 Å². The second kappa shape index (κ2) is 8.63. The van der Waals surface area contributed by atoms with E-state index >= 15 is 0 Å². The van der Waals surface area contributed by atoms with Crippen LogP contribution in [0.4, 0.5) is 0 Å². The highest BCUT2D eigenvalue weighted by molar-refractivity contribution is 9.10. The molecule has 1 N–H and O–H groups in total. The number of nitrogens with one attached hydrogen (secondary N) is 1. The van der Waals surface area contributed by atoms with Gasteiger partial charge < -0.3 is 14.8 Å². The maximum Gasteiger partial charge on any atom is 0.138 e. The summed E-state index contributed by atoms with van der Waals surface area (Å²) < 4.78 is 12.3. The van der Waals surface area contributed by atoms with Gasteiger partial charge in [0.15, 0.2) is 0 Å². The van der Waals surface area contributed by atoms with E-state index in [1.54, 1.807) is 6.07 Å². The van der Waals surface area contributed by atoms with Crippen molar-refractivity contribution in [1.29, 1.82) is 0 Å². The van der Waals surface area contributed by atoms with Gasteiger partial charge in [-0.1, -0.05) is 35.3 Å². The lowest BCUT2D eigenvalue weighted by molar-refractivity contribution is 0.215. The van der Waals surface area contributed by atoms with Crippen LogP contribution >= 0.6 is 39.1 Å². The van der Waals surface area contributed by atoms with Crippen molar-refractivity contribution in [3.8, 4) is 11.5 Å². The van der Waals surface area contributed by atoms with Crippen LogP contribution in [0.3, 0.4) is 0 Å². The smallest absolute Gasteiger partial charge is 0.138 e. The molecule has 0 fully saturated rings. The summed E-state index contributed by atoms with van der Waals surface area (Å²) in [4.78, 5) is 0. The minimum atomic E-state index is 0.401. The number of hydrogen-bond donors (Lipinski definition) is 1. The maximum atomic E-state index is 6.06. The zero-order chi connectivity index (χ0) is 15.9.